The molecule has 2 unspecified atom stereocenters. The van der Waals surface area contributed by atoms with Crippen molar-refractivity contribution in [2.24, 2.45) is 0 Å². The number of rotatable bonds is 10. The van der Waals surface area contributed by atoms with Gasteiger partial charge in [0, 0.05) is 5.54 Å². The second-order valence-electron chi connectivity index (χ2n) is 8.49. The molecule has 1 aliphatic carbocycles. The van der Waals surface area contributed by atoms with Gasteiger partial charge in [0.2, 0.25) is 0 Å². The van der Waals surface area contributed by atoms with Gasteiger partial charge in [-0.3, -0.25) is 0 Å². The molecule has 25 heavy (non-hydrogen) atoms. The number of hydrogen-bond donors (Lipinski definition) is 0. The Bertz CT molecular complexity index is 489. The molecule has 0 saturated heterocycles. The second-order valence-corrected chi connectivity index (χ2v) is 23.5. The fourth-order valence-corrected chi connectivity index (χ4v) is 20.2. The molecule has 144 valence electrons. The van der Waals surface area contributed by atoms with Gasteiger partial charge in [-0.2, -0.15) is 0 Å². The minimum Gasteiger partial charge on any atom is -0.433 e. The fraction of sp³-hybridized carbons (Fsp3) is 0.667. The third-order valence-corrected chi connectivity index (χ3v) is 20.5. The maximum absolute atomic E-state index is 6.88. The van der Waals surface area contributed by atoms with Gasteiger partial charge in [0.25, 0.3) is 0 Å². The van der Waals surface area contributed by atoms with E-state index in [4.69, 9.17) is 12.3 Å². The summed E-state index contributed by atoms with van der Waals surface area (Å²) in [5.41, 5.74) is 6.43. The third kappa shape index (κ3) is 6.89. The summed E-state index contributed by atoms with van der Waals surface area (Å²) >= 11 is 0. The summed E-state index contributed by atoms with van der Waals surface area (Å²) in [7, 11) is -8.88. The molecule has 0 N–H and O–H groups in total. The molecule has 0 bridgehead atoms. The van der Waals surface area contributed by atoms with Crippen LogP contribution in [0.15, 0.2) is 36.8 Å². The average molecular weight is 415 g/mol. The van der Waals surface area contributed by atoms with E-state index in [9.17, 15) is 0 Å². The first-order valence-electron chi connectivity index (χ1n) is 9.42. The van der Waals surface area contributed by atoms with Gasteiger partial charge in [0.05, 0.1) is 0 Å². The Morgan fingerprint density at radius 2 is 1.16 bits per heavy atom. The maximum Gasteiger partial charge on any atom is 0.342 e. The van der Waals surface area contributed by atoms with Crippen molar-refractivity contribution in [1.29, 1.82) is 0 Å². The van der Waals surface area contributed by atoms with Crippen LogP contribution in [0.3, 0.4) is 0 Å². The molecular weight excluding hydrogens is 377 g/mol. The minimum atomic E-state index is -2.53. The number of hydrogen-bond acceptors (Lipinski definition) is 3. The molecule has 0 aromatic rings. The molecule has 0 radical (unpaired) electrons. The highest BCUT2D eigenvalue weighted by atomic mass is 28.5. The zero-order valence-corrected chi connectivity index (χ0v) is 21.2. The molecule has 0 spiro atoms. The van der Waals surface area contributed by atoms with Gasteiger partial charge in [-0.1, -0.05) is 36.4 Å². The Morgan fingerprint density at radius 3 is 1.60 bits per heavy atom. The van der Waals surface area contributed by atoms with Crippen molar-refractivity contribution >= 4 is 33.8 Å². The lowest BCUT2D eigenvalue weighted by atomic mass is 10.0. The highest BCUT2D eigenvalue weighted by Crippen LogP contribution is 2.41. The van der Waals surface area contributed by atoms with Crippen molar-refractivity contribution in [1.82, 2.24) is 0 Å². The van der Waals surface area contributed by atoms with Gasteiger partial charge < -0.3 is 12.3 Å². The van der Waals surface area contributed by atoms with E-state index in [1.807, 2.05) is 17.1 Å². The van der Waals surface area contributed by atoms with Gasteiger partial charge >= 0.3 is 17.1 Å². The predicted octanol–water partition coefficient (Wildman–Crippen LogP) is 6.10. The van der Waals surface area contributed by atoms with E-state index >= 15 is 0 Å². The zero-order chi connectivity index (χ0) is 19.4. The second kappa shape index (κ2) is 8.77. The average Bonchev–Trinajstić information content (AvgIpc) is 2.54. The molecular formula is C18H38O3Si4. The first kappa shape index (κ1) is 23.0. The van der Waals surface area contributed by atoms with E-state index in [0.717, 1.165) is 0 Å². The molecule has 1 aliphatic rings. The molecule has 3 nitrogen and oxygen atoms in total. The molecule has 1 saturated carbocycles. The van der Waals surface area contributed by atoms with Crippen molar-refractivity contribution in [3.63, 3.8) is 0 Å². The Hall–Kier alpha value is -0.0325. The van der Waals surface area contributed by atoms with Crippen molar-refractivity contribution in [2.75, 3.05) is 0 Å². The summed E-state index contributed by atoms with van der Waals surface area (Å²) in [6, 6.07) is 0. The smallest absolute Gasteiger partial charge is 0.342 e. The Labute approximate surface area is 159 Å². The highest BCUT2D eigenvalue weighted by molar-refractivity contribution is 6.93. The lowest BCUT2D eigenvalue weighted by molar-refractivity contribution is 0.299. The Balaban J connectivity index is 3.14. The summed E-state index contributed by atoms with van der Waals surface area (Å²) < 4.78 is 20.2. The van der Waals surface area contributed by atoms with Gasteiger partial charge in [-0.25, -0.2) is 0 Å². The molecule has 0 aromatic heterocycles. The van der Waals surface area contributed by atoms with Crippen molar-refractivity contribution < 1.29 is 12.3 Å². The molecule has 2 atom stereocenters. The monoisotopic (exact) mass is 414 g/mol. The summed E-state index contributed by atoms with van der Waals surface area (Å²) in [5, 5.41) is 0. The van der Waals surface area contributed by atoms with Crippen molar-refractivity contribution in [2.45, 2.75) is 76.9 Å². The van der Waals surface area contributed by atoms with Crippen LogP contribution in [0.5, 0.6) is 0 Å². The molecule has 1 rings (SSSR count). The Kier molecular flexibility index (Phi) is 8.07. The molecule has 0 aromatic carbocycles. The lowest BCUT2D eigenvalue weighted by Crippen LogP contribution is -2.60. The van der Waals surface area contributed by atoms with Crippen LogP contribution < -0.4 is 0 Å². The zero-order valence-electron chi connectivity index (χ0n) is 17.2. The first-order chi connectivity index (χ1) is 11.4. The van der Waals surface area contributed by atoms with Crippen LogP contribution in [0.1, 0.15) is 32.1 Å². The summed E-state index contributed by atoms with van der Waals surface area (Å²) in [6.45, 7) is 25.1. The summed E-state index contributed by atoms with van der Waals surface area (Å²) in [6.07, 6.45) is 6.28. The van der Waals surface area contributed by atoms with E-state index in [0.29, 0.717) is 5.54 Å². The van der Waals surface area contributed by atoms with Crippen LogP contribution in [0.4, 0.5) is 0 Å². The van der Waals surface area contributed by atoms with Crippen LogP contribution in [0.2, 0.25) is 44.8 Å². The van der Waals surface area contributed by atoms with Crippen molar-refractivity contribution in [3.05, 3.63) is 36.8 Å². The summed E-state index contributed by atoms with van der Waals surface area (Å²) in [4.78, 5) is 0. The van der Waals surface area contributed by atoms with E-state index in [1.165, 1.54) is 32.1 Å². The van der Waals surface area contributed by atoms with E-state index in [2.05, 4.69) is 59.0 Å². The van der Waals surface area contributed by atoms with Gasteiger partial charge in [-0.05, 0) is 52.1 Å². The lowest BCUT2D eigenvalue weighted by Gasteiger charge is -2.46. The van der Waals surface area contributed by atoms with Gasteiger partial charge in [0.1, 0.15) is 0 Å². The largest absolute Gasteiger partial charge is 0.433 e. The highest BCUT2D eigenvalue weighted by Gasteiger charge is 2.50. The summed E-state index contributed by atoms with van der Waals surface area (Å²) in [5.74, 6) is 0. The topological polar surface area (TPSA) is 27.7 Å². The minimum absolute atomic E-state index is 0.525. The predicted molar refractivity (Wildman–Crippen MR) is 119 cm³/mol. The van der Waals surface area contributed by atoms with Crippen LogP contribution in [-0.2, 0) is 12.3 Å². The molecule has 7 heteroatoms. The normalized spacial score (nSPS) is 21.8. The first-order valence-corrected chi connectivity index (χ1v) is 20.2. The van der Waals surface area contributed by atoms with Gasteiger partial charge in [0.15, 0.2) is 16.6 Å². The third-order valence-electron chi connectivity index (χ3n) is 5.04. The maximum atomic E-state index is 6.88. The Morgan fingerprint density at radius 1 is 0.680 bits per heavy atom. The standard InChI is InChI=1S/C18H38O3Si4/c1-10-22(4,5)19-24(8,12-3)21-25(9,20-23(6,7)11-2)18-16-14-13-15-17-18/h10-12,18H,1-3,13-17H2,4-9H3. The molecule has 0 aliphatic heterocycles. The van der Waals surface area contributed by atoms with Crippen LogP contribution in [0, 0.1) is 0 Å². The SMILES string of the molecule is C=C[Si](C)(C)O[Si](C)(C=C)O[Si](C)(O[Si](C)(C)C=C)C1CCCCC1. The van der Waals surface area contributed by atoms with Crippen LogP contribution >= 0.6 is 0 Å². The molecule has 1 fully saturated rings. The van der Waals surface area contributed by atoms with E-state index < -0.39 is 33.8 Å². The van der Waals surface area contributed by atoms with E-state index in [1.54, 1.807) is 0 Å². The fourth-order valence-electron chi connectivity index (χ4n) is 3.45. The van der Waals surface area contributed by atoms with Crippen LogP contribution in [0.25, 0.3) is 0 Å². The molecule has 0 amide bonds. The van der Waals surface area contributed by atoms with E-state index in [-0.39, 0.29) is 0 Å². The van der Waals surface area contributed by atoms with Crippen LogP contribution in [-0.4, -0.2) is 33.8 Å². The molecule has 0 heterocycles. The van der Waals surface area contributed by atoms with Crippen molar-refractivity contribution in [3.8, 4) is 0 Å². The quantitative estimate of drug-likeness (QED) is 0.404. The van der Waals surface area contributed by atoms with Gasteiger partial charge in [-0.15, -0.1) is 19.7 Å².